The molecule has 0 bridgehead atoms. The molecule has 1 rings (SSSR count). The summed E-state index contributed by atoms with van der Waals surface area (Å²) in [4.78, 5) is 11.1. The van der Waals surface area contributed by atoms with Crippen LogP contribution in [-0.2, 0) is 0 Å². The molecule has 0 N–H and O–H groups in total. The van der Waals surface area contributed by atoms with Crippen molar-refractivity contribution in [1.82, 2.24) is 0 Å². The van der Waals surface area contributed by atoms with Crippen LogP contribution in [0.3, 0.4) is 0 Å². The number of hydrogen-bond donors (Lipinski definition) is 0. The molecule has 0 unspecified atom stereocenters. The molecular weight excluding hydrogens is 354 g/mol. The van der Waals surface area contributed by atoms with Crippen LogP contribution in [0.1, 0.15) is 10.4 Å². The Morgan fingerprint density at radius 3 is 2.40 bits per heavy atom. The number of halogens is 2. The van der Waals surface area contributed by atoms with Gasteiger partial charge in [-0.1, -0.05) is 0 Å². The van der Waals surface area contributed by atoms with Gasteiger partial charge in [-0.3, -0.25) is 0 Å². The summed E-state index contributed by atoms with van der Waals surface area (Å²) in [7, 11) is 0. The minimum atomic E-state index is -0.303. The van der Waals surface area contributed by atoms with E-state index in [-0.39, 0.29) is 17.2 Å². The topological polar surface area (TPSA) is 17.1 Å². The van der Waals surface area contributed by atoms with E-state index in [4.69, 9.17) is 0 Å². The maximum absolute atomic E-state index is 11.1. The molecule has 0 aliphatic rings. The normalized spacial score (nSPS) is 9.70. The molecule has 0 atom stereocenters. The monoisotopic (exact) mass is 359 g/mol. The Balaban J connectivity index is 2.85. The van der Waals surface area contributed by atoms with Gasteiger partial charge in [0.15, 0.2) is 0 Å². The van der Waals surface area contributed by atoms with Crippen LogP contribution < -0.4 is 17.2 Å². The van der Waals surface area contributed by atoms with E-state index in [1.807, 2.05) is 30.3 Å². The summed E-state index contributed by atoms with van der Waals surface area (Å²) >= 11 is 1.87. The zero-order valence-corrected chi connectivity index (χ0v) is 9.37. The number of rotatable bonds is 2. The van der Waals surface area contributed by atoms with Crippen molar-refractivity contribution in [2.24, 2.45) is 0 Å². The number of benzene rings is 1. The molecule has 1 aromatic rings. The van der Waals surface area contributed by atoms with Gasteiger partial charge in [0, 0.05) is 0 Å². The second kappa shape index (κ2) is 4.27. The third-order valence-corrected chi connectivity index (χ3v) is 4.54. The first-order valence-corrected chi connectivity index (χ1v) is 10.1. The first-order chi connectivity index (χ1) is 4.84. The average molecular weight is 359 g/mol. The van der Waals surface area contributed by atoms with Crippen molar-refractivity contribution >= 4 is 22.4 Å². The maximum atomic E-state index is 11.1. The van der Waals surface area contributed by atoms with Gasteiger partial charge in [0.05, 0.1) is 0 Å². The summed E-state index contributed by atoms with van der Waals surface area (Å²) < 4.78 is 0.306. The predicted molar refractivity (Wildman–Crippen MR) is 44.8 cm³/mol. The van der Waals surface area contributed by atoms with Crippen LogP contribution in [-0.4, -0.2) is 3.79 Å². The zero-order valence-electron chi connectivity index (χ0n) is 5.05. The molecule has 0 saturated carbocycles. The van der Waals surface area contributed by atoms with Gasteiger partial charge in [0.2, 0.25) is 0 Å². The first kappa shape index (κ1) is 8.45. The molecule has 0 radical (unpaired) electrons. The van der Waals surface area contributed by atoms with E-state index in [1.165, 1.54) is 0 Å². The molecule has 0 fully saturated rings. The summed E-state index contributed by atoms with van der Waals surface area (Å²) in [6.45, 7) is 0. The van der Waals surface area contributed by atoms with E-state index in [0.717, 1.165) is 5.56 Å². The SMILES string of the molecule is O=C([I-]I)c1ccccc1. The van der Waals surface area contributed by atoms with E-state index < -0.39 is 0 Å². The molecule has 54 valence electrons. The Morgan fingerprint density at radius 1 is 1.30 bits per heavy atom. The second-order valence-corrected chi connectivity index (χ2v) is 5.83. The number of carbonyl (C=O) groups excluding carboxylic acids is 1. The number of hydrogen-bond acceptors (Lipinski definition) is 1. The standard InChI is InChI=1S/C7H5I2O/c8-9-7(10)6-4-2-1-3-5-6/h1-5H/q-1. The summed E-state index contributed by atoms with van der Waals surface area (Å²) in [6.07, 6.45) is 0. The molecule has 1 aromatic carbocycles. The third kappa shape index (κ3) is 2.19. The van der Waals surface area contributed by atoms with Gasteiger partial charge < -0.3 is 0 Å². The molecule has 0 spiro atoms. The molecule has 0 amide bonds. The van der Waals surface area contributed by atoms with Crippen molar-refractivity contribution in [3.63, 3.8) is 0 Å². The molecule has 0 saturated heterocycles. The van der Waals surface area contributed by atoms with Crippen molar-refractivity contribution in [2.45, 2.75) is 0 Å². The minimum absolute atomic E-state index is 0.303. The van der Waals surface area contributed by atoms with Crippen LogP contribution >= 0.6 is 18.6 Å². The molecule has 0 aliphatic heterocycles. The quantitative estimate of drug-likeness (QED) is 0.503. The van der Waals surface area contributed by atoms with Crippen LogP contribution in [0.2, 0.25) is 0 Å². The van der Waals surface area contributed by atoms with Gasteiger partial charge in [0.1, 0.15) is 0 Å². The van der Waals surface area contributed by atoms with Crippen molar-refractivity contribution < 1.29 is 22.0 Å². The van der Waals surface area contributed by atoms with Crippen LogP contribution in [0.5, 0.6) is 0 Å². The molecule has 0 aliphatic carbocycles. The van der Waals surface area contributed by atoms with Crippen LogP contribution in [0, 0.1) is 0 Å². The Kier molecular flexibility index (Phi) is 3.61. The Labute approximate surface area is 79.6 Å². The van der Waals surface area contributed by atoms with Gasteiger partial charge in [-0.05, 0) is 0 Å². The predicted octanol–water partition coefficient (Wildman–Crippen LogP) is -0.734. The van der Waals surface area contributed by atoms with E-state index in [1.54, 1.807) is 0 Å². The Bertz CT molecular complexity index is 220. The first-order valence-electron chi connectivity index (χ1n) is 2.70. The van der Waals surface area contributed by atoms with Crippen molar-refractivity contribution in [3.05, 3.63) is 35.9 Å². The van der Waals surface area contributed by atoms with Gasteiger partial charge >= 0.3 is 80.3 Å². The van der Waals surface area contributed by atoms with E-state index in [0.29, 0.717) is 3.79 Å². The van der Waals surface area contributed by atoms with Gasteiger partial charge in [-0.15, -0.1) is 0 Å². The van der Waals surface area contributed by atoms with E-state index >= 15 is 0 Å². The third-order valence-electron chi connectivity index (χ3n) is 1.07. The van der Waals surface area contributed by atoms with Gasteiger partial charge in [-0.2, -0.15) is 0 Å². The van der Waals surface area contributed by atoms with Crippen LogP contribution in [0.15, 0.2) is 30.3 Å². The average Bonchev–Trinajstić information content (AvgIpc) is 2.05. The molecule has 0 heterocycles. The Hall–Kier alpha value is 0.350. The molecule has 10 heavy (non-hydrogen) atoms. The van der Waals surface area contributed by atoms with Crippen LogP contribution in [0.4, 0.5) is 0 Å². The molecular formula is C7H5I2O-. The second-order valence-electron chi connectivity index (χ2n) is 1.71. The fourth-order valence-corrected chi connectivity index (χ4v) is 2.78. The van der Waals surface area contributed by atoms with Crippen molar-refractivity contribution in [2.75, 3.05) is 0 Å². The molecule has 0 aromatic heterocycles. The summed E-state index contributed by atoms with van der Waals surface area (Å²) in [5.74, 6) is 0. The Morgan fingerprint density at radius 2 is 1.90 bits per heavy atom. The fraction of sp³-hybridized carbons (Fsp3) is 0. The summed E-state index contributed by atoms with van der Waals surface area (Å²) in [6, 6.07) is 9.43. The zero-order chi connectivity index (χ0) is 7.40. The van der Waals surface area contributed by atoms with Gasteiger partial charge in [0.25, 0.3) is 0 Å². The summed E-state index contributed by atoms with van der Waals surface area (Å²) in [5.41, 5.74) is 0.852. The molecule has 1 nitrogen and oxygen atoms in total. The van der Waals surface area contributed by atoms with Crippen molar-refractivity contribution in [3.8, 4) is 0 Å². The number of carbonyl (C=O) groups is 1. The van der Waals surface area contributed by atoms with E-state index in [9.17, 15) is 4.79 Å². The van der Waals surface area contributed by atoms with Crippen molar-refractivity contribution in [1.29, 1.82) is 0 Å². The van der Waals surface area contributed by atoms with Gasteiger partial charge in [-0.25, -0.2) is 0 Å². The molecule has 3 heteroatoms. The van der Waals surface area contributed by atoms with Crippen LogP contribution in [0.25, 0.3) is 0 Å². The fourth-order valence-electron chi connectivity index (χ4n) is 0.610. The summed E-state index contributed by atoms with van der Waals surface area (Å²) in [5, 5.41) is 0. The van der Waals surface area contributed by atoms with E-state index in [2.05, 4.69) is 18.6 Å².